The van der Waals surface area contributed by atoms with Gasteiger partial charge < -0.3 is 10.3 Å². The van der Waals surface area contributed by atoms with Crippen LogP contribution in [0.3, 0.4) is 0 Å². The second kappa shape index (κ2) is 5.43. The molecular weight excluding hydrogens is 300 g/mol. The number of rotatable bonds is 3. The van der Waals surface area contributed by atoms with Crippen LogP contribution in [0.2, 0.25) is 0 Å². The average Bonchev–Trinajstić information content (AvgIpc) is 3.36. The summed E-state index contributed by atoms with van der Waals surface area (Å²) in [4.78, 5) is 6.02. The van der Waals surface area contributed by atoms with Crippen LogP contribution >= 0.6 is 0 Å². The maximum atomic E-state index is 3.91. The zero-order valence-electron chi connectivity index (χ0n) is 13.8. The molecule has 24 heavy (non-hydrogen) atoms. The normalized spacial score (nSPS) is 27.1. The molecular formula is C18H22N6. The Morgan fingerprint density at radius 1 is 1.21 bits per heavy atom. The lowest BCUT2D eigenvalue weighted by Crippen LogP contribution is -2.36. The molecule has 6 nitrogen and oxygen atoms in total. The SMILES string of the molecule is CN1[C@H](Cc2c[nH]c3ccc(-n4cnnc4)cc23)C[C@H]2CNC[C@H]21. The molecule has 0 saturated carbocycles. The van der Waals surface area contributed by atoms with Crippen LogP contribution in [0, 0.1) is 5.92 Å². The Kier molecular flexibility index (Phi) is 3.21. The largest absolute Gasteiger partial charge is 0.361 e. The summed E-state index contributed by atoms with van der Waals surface area (Å²) in [7, 11) is 2.29. The molecule has 0 unspecified atom stereocenters. The van der Waals surface area contributed by atoms with Gasteiger partial charge in [0.1, 0.15) is 12.7 Å². The topological polar surface area (TPSA) is 61.8 Å². The van der Waals surface area contributed by atoms with Crippen LogP contribution in [0.4, 0.5) is 0 Å². The van der Waals surface area contributed by atoms with Gasteiger partial charge in [0.2, 0.25) is 0 Å². The van der Waals surface area contributed by atoms with Crippen molar-refractivity contribution >= 4 is 10.9 Å². The first-order valence-corrected chi connectivity index (χ1v) is 8.67. The fraction of sp³-hybridized carbons (Fsp3) is 0.444. The summed E-state index contributed by atoms with van der Waals surface area (Å²) in [6, 6.07) is 7.84. The summed E-state index contributed by atoms with van der Waals surface area (Å²) in [5, 5.41) is 12.6. The molecule has 124 valence electrons. The number of aromatic amines is 1. The van der Waals surface area contributed by atoms with Crippen LogP contribution in [0.5, 0.6) is 0 Å². The van der Waals surface area contributed by atoms with Crippen LogP contribution in [-0.2, 0) is 6.42 Å². The van der Waals surface area contributed by atoms with Gasteiger partial charge in [-0.15, -0.1) is 10.2 Å². The van der Waals surface area contributed by atoms with Gasteiger partial charge in [-0.05, 0) is 56.1 Å². The summed E-state index contributed by atoms with van der Waals surface area (Å²) in [5.74, 6) is 0.817. The summed E-state index contributed by atoms with van der Waals surface area (Å²) in [6.07, 6.45) is 8.07. The van der Waals surface area contributed by atoms with Crippen molar-refractivity contribution in [1.29, 1.82) is 0 Å². The van der Waals surface area contributed by atoms with E-state index in [0.717, 1.165) is 24.6 Å². The van der Waals surface area contributed by atoms with Gasteiger partial charge in [0.25, 0.3) is 0 Å². The molecule has 3 atom stereocenters. The van der Waals surface area contributed by atoms with E-state index in [1.54, 1.807) is 12.7 Å². The minimum absolute atomic E-state index is 0.639. The molecule has 4 heterocycles. The molecule has 3 aromatic rings. The molecule has 0 aliphatic carbocycles. The van der Waals surface area contributed by atoms with E-state index in [4.69, 9.17) is 0 Å². The van der Waals surface area contributed by atoms with Gasteiger partial charge in [-0.1, -0.05) is 0 Å². The van der Waals surface area contributed by atoms with Crippen LogP contribution in [-0.4, -0.2) is 56.9 Å². The van der Waals surface area contributed by atoms with Crippen molar-refractivity contribution in [2.24, 2.45) is 5.92 Å². The third-order valence-electron chi connectivity index (χ3n) is 5.90. The number of H-pyrrole nitrogens is 1. The van der Waals surface area contributed by atoms with Gasteiger partial charge in [0, 0.05) is 41.4 Å². The van der Waals surface area contributed by atoms with Crippen LogP contribution in [0.1, 0.15) is 12.0 Å². The molecule has 0 spiro atoms. The highest BCUT2D eigenvalue weighted by atomic mass is 15.2. The molecule has 0 radical (unpaired) electrons. The Labute approximate surface area is 140 Å². The molecule has 2 saturated heterocycles. The van der Waals surface area contributed by atoms with Crippen molar-refractivity contribution in [3.05, 3.63) is 42.6 Å². The lowest BCUT2D eigenvalue weighted by Gasteiger charge is -2.24. The van der Waals surface area contributed by atoms with E-state index in [-0.39, 0.29) is 0 Å². The van der Waals surface area contributed by atoms with Crippen molar-refractivity contribution in [3.8, 4) is 5.69 Å². The number of hydrogen-bond donors (Lipinski definition) is 2. The molecule has 2 aliphatic rings. The van der Waals surface area contributed by atoms with E-state index in [1.165, 1.54) is 29.4 Å². The lowest BCUT2D eigenvalue weighted by molar-refractivity contribution is 0.241. The Morgan fingerprint density at radius 3 is 2.92 bits per heavy atom. The van der Waals surface area contributed by atoms with Crippen LogP contribution in [0.15, 0.2) is 37.1 Å². The van der Waals surface area contributed by atoms with Gasteiger partial charge >= 0.3 is 0 Å². The molecule has 6 heteroatoms. The van der Waals surface area contributed by atoms with Crippen molar-refractivity contribution < 1.29 is 0 Å². The Morgan fingerprint density at radius 2 is 2.08 bits per heavy atom. The molecule has 2 aromatic heterocycles. The van der Waals surface area contributed by atoms with E-state index in [2.05, 4.69) is 56.8 Å². The van der Waals surface area contributed by atoms with Gasteiger partial charge in [-0.25, -0.2) is 0 Å². The number of likely N-dealkylation sites (tertiary alicyclic amines) is 1. The standard InChI is InChI=1S/C18H22N6/c1-23-15(5-13-7-19-9-18(13)23)4-12-8-20-17-3-2-14(6-16(12)17)24-10-21-22-11-24/h2-3,6,8,10-11,13,15,18-20H,4-5,7,9H2,1H3/t13-,15+,18+/m0/s1. The minimum Gasteiger partial charge on any atom is -0.361 e. The number of nitrogens with one attached hydrogen (secondary N) is 2. The Balaban J connectivity index is 1.45. The summed E-state index contributed by atoms with van der Waals surface area (Å²) >= 11 is 0. The summed E-state index contributed by atoms with van der Waals surface area (Å²) in [6.45, 7) is 2.32. The van der Waals surface area contributed by atoms with E-state index >= 15 is 0 Å². The molecule has 0 bridgehead atoms. The predicted molar refractivity (Wildman–Crippen MR) is 93.2 cm³/mol. The van der Waals surface area contributed by atoms with E-state index in [9.17, 15) is 0 Å². The molecule has 1 aromatic carbocycles. The number of aromatic nitrogens is 4. The van der Waals surface area contributed by atoms with Gasteiger partial charge in [-0.2, -0.15) is 0 Å². The zero-order valence-corrected chi connectivity index (χ0v) is 13.8. The average molecular weight is 322 g/mol. The van der Waals surface area contributed by atoms with Crippen LogP contribution < -0.4 is 5.32 Å². The zero-order chi connectivity index (χ0) is 16.1. The second-order valence-corrected chi connectivity index (χ2v) is 7.16. The first-order chi connectivity index (χ1) is 11.8. The monoisotopic (exact) mass is 322 g/mol. The third kappa shape index (κ3) is 2.17. The first-order valence-electron chi connectivity index (χ1n) is 8.67. The quantitative estimate of drug-likeness (QED) is 0.769. The molecule has 2 N–H and O–H groups in total. The number of benzene rings is 1. The second-order valence-electron chi connectivity index (χ2n) is 7.16. The van der Waals surface area contributed by atoms with E-state index in [1.807, 2.05) is 4.57 Å². The van der Waals surface area contributed by atoms with Crippen molar-refractivity contribution in [3.63, 3.8) is 0 Å². The highest BCUT2D eigenvalue weighted by Gasteiger charge is 2.41. The Bertz CT molecular complexity index is 852. The maximum absolute atomic E-state index is 3.91. The van der Waals surface area contributed by atoms with Gasteiger partial charge in [-0.3, -0.25) is 9.47 Å². The molecule has 2 fully saturated rings. The van der Waals surface area contributed by atoms with Crippen LogP contribution in [0.25, 0.3) is 16.6 Å². The van der Waals surface area contributed by atoms with Crippen molar-refractivity contribution in [2.75, 3.05) is 20.1 Å². The summed E-state index contributed by atoms with van der Waals surface area (Å²) in [5.41, 5.74) is 3.71. The predicted octanol–water partition coefficient (Wildman–Crippen LogP) is 1.58. The number of likely N-dealkylation sites (N-methyl/N-ethyl adjacent to an activating group) is 1. The number of hydrogen-bond acceptors (Lipinski definition) is 4. The van der Waals surface area contributed by atoms with Crippen molar-refractivity contribution in [1.82, 2.24) is 30.0 Å². The number of nitrogens with zero attached hydrogens (tertiary/aromatic N) is 4. The maximum Gasteiger partial charge on any atom is 0.123 e. The number of fused-ring (bicyclic) bond motifs is 2. The lowest BCUT2D eigenvalue weighted by atomic mass is 9.98. The molecule has 5 rings (SSSR count). The minimum atomic E-state index is 0.639. The highest BCUT2D eigenvalue weighted by Crippen LogP contribution is 2.34. The van der Waals surface area contributed by atoms with E-state index < -0.39 is 0 Å². The van der Waals surface area contributed by atoms with Gasteiger partial charge in [0.05, 0.1) is 0 Å². The van der Waals surface area contributed by atoms with E-state index in [0.29, 0.717) is 12.1 Å². The fourth-order valence-corrected chi connectivity index (χ4v) is 4.53. The van der Waals surface area contributed by atoms with Crippen molar-refractivity contribution in [2.45, 2.75) is 24.9 Å². The smallest absolute Gasteiger partial charge is 0.123 e. The molecule has 0 amide bonds. The van der Waals surface area contributed by atoms with Gasteiger partial charge in [0.15, 0.2) is 0 Å². The Hall–Kier alpha value is -2.18. The molecule has 2 aliphatic heterocycles. The fourth-order valence-electron chi connectivity index (χ4n) is 4.53. The first kappa shape index (κ1) is 14.2. The summed E-state index contributed by atoms with van der Waals surface area (Å²) < 4.78 is 1.95. The third-order valence-corrected chi connectivity index (χ3v) is 5.90. The highest BCUT2D eigenvalue weighted by molar-refractivity contribution is 5.85.